The Balaban J connectivity index is 2.14. The molecule has 0 saturated heterocycles. The van der Waals surface area contributed by atoms with Crippen molar-refractivity contribution in [2.45, 2.75) is 13.3 Å². The Labute approximate surface area is 143 Å². The van der Waals surface area contributed by atoms with E-state index in [2.05, 4.69) is 4.98 Å². The third-order valence-corrected chi connectivity index (χ3v) is 4.30. The molecule has 0 bridgehead atoms. The summed E-state index contributed by atoms with van der Waals surface area (Å²) in [6.07, 6.45) is 2.71. The standard InChI is InChI=1S/C19H17FN2O3/c1-11-18(25-3)17-16(22(2)19(11)24)7-12(9-21-17)6-13-4-5-15(20)8-14(13)10-23/h4-5,7-10H,6H2,1-3H3. The van der Waals surface area contributed by atoms with Crippen molar-refractivity contribution in [2.75, 3.05) is 7.11 Å². The van der Waals surface area contributed by atoms with Crippen LogP contribution in [0.2, 0.25) is 0 Å². The quantitative estimate of drug-likeness (QED) is 0.685. The van der Waals surface area contributed by atoms with Crippen LogP contribution in [0.15, 0.2) is 35.3 Å². The molecule has 25 heavy (non-hydrogen) atoms. The van der Waals surface area contributed by atoms with Crippen LogP contribution in [0.3, 0.4) is 0 Å². The summed E-state index contributed by atoms with van der Waals surface area (Å²) in [4.78, 5) is 27.9. The van der Waals surface area contributed by atoms with Gasteiger partial charge < -0.3 is 9.30 Å². The number of methoxy groups -OCH3 is 1. The molecule has 0 aliphatic carbocycles. The number of nitrogens with zero attached hydrogens (tertiary/aromatic N) is 2. The van der Waals surface area contributed by atoms with Crippen molar-refractivity contribution >= 4 is 17.3 Å². The lowest BCUT2D eigenvalue weighted by Crippen LogP contribution is -2.21. The Morgan fingerprint density at radius 1 is 1.32 bits per heavy atom. The SMILES string of the molecule is COc1c(C)c(=O)n(C)c2cc(Cc3ccc(F)cc3C=O)cnc12. The Kier molecular flexibility index (Phi) is 4.35. The lowest BCUT2D eigenvalue weighted by molar-refractivity contribution is 0.112. The van der Waals surface area contributed by atoms with E-state index < -0.39 is 5.82 Å². The first-order valence-corrected chi connectivity index (χ1v) is 7.72. The van der Waals surface area contributed by atoms with Gasteiger partial charge in [-0.25, -0.2) is 4.39 Å². The summed E-state index contributed by atoms with van der Waals surface area (Å²) in [5.41, 5.74) is 3.39. The molecule has 0 amide bonds. The third-order valence-electron chi connectivity index (χ3n) is 4.30. The number of rotatable bonds is 4. The van der Waals surface area contributed by atoms with Crippen molar-refractivity contribution < 1.29 is 13.9 Å². The number of aryl methyl sites for hydroxylation is 1. The van der Waals surface area contributed by atoms with Gasteiger partial charge in [0.15, 0.2) is 5.75 Å². The van der Waals surface area contributed by atoms with Gasteiger partial charge >= 0.3 is 0 Å². The zero-order valence-electron chi connectivity index (χ0n) is 14.2. The van der Waals surface area contributed by atoms with E-state index in [0.29, 0.717) is 46.2 Å². The summed E-state index contributed by atoms with van der Waals surface area (Å²) in [5.74, 6) is 0.00473. The Morgan fingerprint density at radius 2 is 2.08 bits per heavy atom. The number of aromatic nitrogens is 2. The van der Waals surface area contributed by atoms with Gasteiger partial charge in [0, 0.05) is 18.8 Å². The fourth-order valence-corrected chi connectivity index (χ4v) is 2.96. The van der Waals surface area contributed by atoms with Crippen LogP contribution < -0.4 is 10.3 Å². The molecule has 3 rings (SSSR count). The number of ether oxygens (including phenoxy) is 1. The molecule has 0 spiro atoms. The maximum Gasteiger partial charge on any atom is 0.257 e. The molecular weight excluding hydrogens is 323 g/mol. The van der Waals surface area contributed by atoms with Crippen molar-refractivity contribution in [1.29, 1.82) is 0 Å². The minimum Gasteiger partial charge on any atom is -0.494 e. The van der Waals surface area contributed by atoms with E-state index in [9.17, 15) is 14.0 Å². The van der Waals surface area contributed by atoms with Crippen molar-refractivity contribution in [3.63, 3.8) is 0 Å². The fraction of sp³-hybridized carbons (Fsp3) is 0.211. The van der Waals surface area contributed by atoms with Crippen molar-refractivity contribution in [3.05, 3.63) is 68.9 Å². The van der Waals surface area contributed by atoms with E-state index >= 15 is 0 Å². The summed E-state index contributed by atoms with van der Waals surface area (Å²) in [6.45, 7) is 1.70. The van der Waals surface area contributed by atoms with Gasteiger partial charge in [-0.3, -0.25) is 14.6 Å². The van der Waals surface area contributed by atoms with Crippen LogP contribution in [-0.2, 0) is 13.5 Å². The Hall–Kier alpha value is -3.02. The van der Waals surface area contributed by atoms with Crippen molar-refractivity contribution in [3.8, 4) is 5.75 Å². The molecule has 0 radical (unpaired) electrons. The van der Waals surface area contributed by atoms with E-state index in [1.54, 1.807) is 26.2 Å². The van der Waals surface area contributed by atoms with Gasteiger partial charge in [0.2, 0.25) is 0 Å². The average molecular weight is 340 g/mol. The number of halogens is 1. The molecule has 0 N–H and O–H groups in total. The predicted molar refractivity (Wildman–Crippen MR) is 92.9 cm³/mol. The summed E-state index contributed by atoms with van der Waals surface area (Å²) in [5, 5.41) is 0. The molecule has 3 aromatic rings. The van der Waals surface area contributed by atoms with E-state index in [4.69, 9.17) is 4.74 Å². The number of carbonyl (C=O) groups excluding carboxylic acids is 1. The molecule has 0 aliphatic rings. The van der Waals surface area contributed by atoms with E-state index in [1.807, 2.05) is 6.07 Å². The maximum atomic E-state index is 13.3. The highest BCUT2D eigenvalue weighted by Gasteiger charge is 2.15. The molecular formula is C19H17FN2O3. The number of pyridine rings is 2. The van der Waals surface area contributed by atoms with Crippen LogP contribution in [0.1, 0.15) is 27.0 Å². The van der Waals surface area contributed by atoms with Crippen molar-refractivity contribution in [2.24, 2.45) is 7.05 Å². The second-order valence-corrected chi connectivity index (χ2v) is 5.87. The third kappa shape index (κ3) is 2.91. The molecule has 0 unspecified atom stereocenters. The smallest absolute Gasteiger partial charge is 0.257 e. The highest BCUT2D eigenvalue weighted by atomic mass is 19.1. The lowest BCUT2D eigenvalue weighted by Gasteiger charge is -2.13. The summed E-state index contributed by atoms with van der Waals surface area (Å²) in [6, 6.07) is 5.94. The predicted octanol–water partition coefficient (Wildman–Crippen LogP) is 2.79. The van der Waals surface area contributed by atoms with Gasteiger partial charge in [0.25, 0.3) is 5.56 Å². The number of aldehydes is 1. The topological polar surface area (TPSA) is 61.2 Å². The lowest BCUT2D eigenvalue weighted by atomic mass is 10.0. The minimum atomic E-state index is -0.454. The first kappa shape index (κ1) is 16.8. The largest absolute Gasteiger partial charge is 0.494 e. The number of fused-ring (bicyclic) bond motifs is 1. The average Bonchev–Trinajstić information content (AvgIpc) is 2.62. The summed E-state index contributed by atoms with van der Waals surface area (Å²) >= 11 is 0. The summed E-state index contributed by atoms with van der Waals surface area (Å²) in [7, 11) is 3.18. The van der Waals surface area contributed by atoms with Crippen LogP contribution in [0.5, 0.6) is 5.75 Å². The second kappa shape index (κ2) is 6.47. The Morgan fingerprint density at radius 3 is 2.76 bits per heavy atom. The fourth-order valence-electron chi connectivity index (χ4n) is 2.96. The number of benzene rings is 1. The van der Waals surface area contributed by atoms with Crippen LogP contribution in [0.25, 0.3) is 11.0 Å². The molecule has 0 atom stereocenters. The van der Waals surface area contributed by atoms with Crippen LogP contribution >= 0.6 is 0 Å². The van der Waals surface area contributed by atoms with E-state index in [1.165, 1.54) is 23.8 Å². The molecule has 0 fully saturated rings. The second-order valence-electron chi connectivity index (χ2n) is 5.87. The van der Waals surface area contributed by atoms with Gasteiger partial charge in [-0.15, -0.1) is 0 Å². The van der Waals surface area contributed by atoms with Gasteiger partial charge in [-0.1, -0.05) is 6.07 Å². The zero-order valence-corrected chi connectivity index (χ0v) is 14.2. The molecule has 5 nitrogen and oxygen atoms in total. The first-order valence-electron chi connectivity index (χ1n) is 7.72. The number of hydrogen-bond acceptors (Lipinski definition) is 4. The highest BCUT2D eigenvalue weighted by Crippen LogP contribution is 2.26. The monoisotopic (exact) mass is 340 g/mol. The minimum absolute atomic E-state index is 0.154. The van der Waals surface area contributed by atoms with Gasteiger partial charge in [-0.05, 0) is 42.7 Å². The molecule has 2 aromatic heterocycles. The molecule has 1 aromatic carbocycles. The number of hydrogen-bond donors (Lipinski definition) is 0. The summed E-state index contributed by atoms with van der Waals surface area (Å²) < 4.78 is 20.1. The zero-order chi connectivity index (χ0) is 18.1. The molecule has 0 saturated carbocycles. The van der Waals surface area contributed by atoms with Crippen LogP contribution in [0, 0.1) is 12.7 Å². The molecule has 128 valence electrons. The molecule has 6 heteroatoms. The number of carbonyl (C=O) groups is 1. The van der Waals surface area contributed by atoms with E-state index in [0.717, 1.165) is 5.56 Å². The highest BCUT2D eigenvalue weighted by molar-refractivity contribution is 5.83. The van der Waals surface area contributed by atoms with E-state index in [-0.39, 0.29) is 5.56 Å². The Bertz CT molecular complexity index is 1040. The van der Waals surface area contributed by atoms with Gasteiger partial charge in [-0.2, -0.15) is 0 Å². The van der Waals surface area contributed by atoms with Crippen molar-refractivity contribution in [1.82, 2.24) is 9.55 Å². The normalized spacial score (nSPS) is 10.9. The first-order chi connectivity index (χ1) is 12.0. The van der Waals surface area contributed by atoms with Gasteiger partial charge in [0.05, 0.1) is 18.2 Å². The maximum absolute atomic E-state index is 13.3. The van der Waals surface area contributed by atoms with Crippen LogP contribution in [0.4, 0.5) is 4.39 Å². The van der Waals surface area contributed by atoms with Gasteiger partial charge in [0.1, 0.15) is 17.6 Å². The molecule has 2 heterocycles. The molecule has 0 aliphatic heterocycles. The van der Waals surface area contributed by atoms with Crippen LogP contribution in [-0.4, -0.2) is 22.9 Å².